The quantitative estimate of drug-likeness (QED) is 0.744. The fourth-order valence-corrected chi connectivity index (χ4v) is 4.20. The van der Waals surface area contributed by atoms with E-state index < -0.39 is 0 Å². The summed E-state index contributed by atoms with van der Waals surface area (Å²) in [5.41, 5.74) is 3.21. The monoisotopic (exact) mass is 291 g/mol. The summed E-state index contributed by atoms with van der Waals surface area (Å²) in [7, 11) is 0. The number of alkyl halides is 1. The van der Waals surface area contributed by atoms with Gasteiger partial charge in [0.2, 0.25) is 0 Å². The number of hydrogen-bond acceptors (Lipinski definition) is 1. The third-order valence-corrected chi connectivity index (χ3v) is 5.61. The average molecular weight is 292 g/mol. The van der Waals surface area contributed by atoms with Crippen molar-refractivity contribution in [2.24, 2.45) is 5.92 Å². The molecule has 1 nitrogen and oxygen atoms in total. The summed E-state index contributed by atoms with van der Waals surface area (Å²) in [4.78, 5) is 2.67. The largest absolute Gasteiger partial charge is 0.303 e. The Morgan fingerprint density at radius 3 is 2.70 bits per heavy atom. The number of likely N-dealkylation sites (tertiary alicyclic amines) is 1. The lowest BCUT2D eigenvalue weighted by molar-refractivity contribution is 0.170. The van der Waals surface area contributed by atoms with Crippen LogP contribution in [-0.2, 0) is 6.42 Å². The highest BCUT2D eigenvalue weighted by Crippen LogP contribution is 2.33. The molecular weight excluding hydrogens is 266 g/mol. The van der Waals surface area contributed by atoms with Gasteiger partial charge in [-0.25, -0.2) is 0 Å². The standard InChI is InChI=1S/C18H26ClN/c1-14(19)15-9-11-20(12-10-15)13-17-7-4-6-16-5-2-3-8-18(16)17/h2-3,5,8,14-15,17H,4,6-7,9-13H2,1H3. The van der Waals surface area contributed by atoms with Gasteiger partial charge in [0, 0.05) is 11.9 Å². The van der Waals surface area contributed by atoms with Gasteiger partial charge in [-0.15, -0.1) is 11.6 Å². The number of halogens is 1. The van der Waals surface area contributed by atoms with Gasteiger partial charge in [-0.3, -0.25) is 0 Å². The van der Waals surface area contributed by atoms with Gasteiger partial charge in [-0.1, -0.05) is 24.3 Å². The van der Waals surface area contributed by atoms with Gasteiger partial charge in [0.05, 0.1) is 0 Å². The molecule has 1 aliphatic heterocycles. The van der Waals surface area contributed by atoms with E-state index in [1.165, 1.54) is 51.7 Å². The molecule has 1 aliphatic carbocycles. The second-order valence-corrected chi connectivity index (χ2v) is 7.29. The molecular formula is C18H26ClN. The summed E-state index contributed by atoms with van der Waals surface area (Å²) >= 11 is 6.24. The number of aryl methyl sites for hydroxylation is 1. The highest BCUT2D eigenvalue weighted by molar-refractivity contribution is 6.20. The van der Waals surface area contributed by atoms with E-state index in [-0.39, 0.29) is 0 Å². The molecule has 110 valence electrons. The number of benzene rings is 1. The van der Waals surface area contributed by atoms with Crippen LogP contribution in [0.25, 0.3) is 0 Å². The van der Waals surface area contributed by atoms with E-state index in [4.69, 9.17) is 11.6 Å². The Morgan fingerprint density at radius 2 is 1.95 bits per heavy atom. The van der Waals surface area contributed by atoms with Gasteiger partial charge in [-0.05, 0) is 75.1 Å². The van der Waals surface area contributed by atoms with Crippen LogP contribution in [0.15, 0.2) is 24.3 Å². The summed E-state index contributed by atoms with van der Waals surface area (Å²) in [6.07, 6.45) is 6.55. The highest BCUT2D eigenvalue weighted by atomic mass is 35.5. The van der Waals surface area contributed by atoms with Crippen molar-refractivity contribution in [1.82, 2.24) is 4.90 Å². The molecule has 1 aromatic carbocycles. The molecule has 0 N–H and O–H groups in total. The second-order valence-electron chi connectivity index (χ2n) is 6.60. The van der Waals surface area contributed by atoms with Crippen LogP contribution >= 0.6 is 11.6 Å². The molecule has 3 rings (SSSR count). The van der Waals surface area contributed by atoms with E-state index in [0.29, 0.717) is 5.38 Å². The Hall–Kier alpha value is -0.530. The molecule has 2 heteroatoms. The molecule has 1 aromatic rings. The molecule has 0 spiro atoms. The third kappa shape index (κ3) is 3.20. The molecule has 0 radical (unpaired) electrons. The summed E-state index contributed by atoms with van der Waals surface area (Å²) in [5.74, 6) is 1.48. The number of nitrogens with zero attached hydrogens (tertiary/aromatic N) is 1. The fraction of sp³-hybridized carbons (Fsp3) is 0.667. The Kier molecular flexibility index (Phi) is 4.68. The SMILES string of the molecule is CC(Cl)C1CCN(CC2CCCc3ccccc32)CC1. The van der Waals surface area contributed by atoms with Crippen molar-refractivity contribution in [3.63, 3.8) is 0 Å². The Labute approximate surface area is 128 Å². The van der Waals surface area contributed by atoms with E-state index in [0.717, 1.165) is 11.8 Å². The topological polar surface area (TPSA) is 3.24 Å². The molecule has 0 amide bonds. The summed E-state index contributed by atoms with van der Waals surface area (Å²) < 4.78 is 0. The van der Waals surface area contributed by atoms with Gasteiger partial charge in [0.25, 0.3) is 0 Å². The maximum absolute atomic E-state index is 6.24. The minimum Gasteiger partial charge on any atom is -0.303 e. The summed E-state index contributed by atoms with van der Waals surface area (Å²) in [6, 6.07) is 9.07. The van der Waals surface area contributed by atoms with E-state index in [2.05, 4.69) is 36.1 Å². The Balaban J connectivity index is 1.60. The van der Waals surface area contributed by atoms with E-state index in [1.54, 1.807) is 11.1 Å². The molecule has 1 fully saturated rings. The van der Waals surface area contributed by atoms with Crippen LogP contribution in [0, 0.1) is 5.92 Å². The van der Waals surface area contributed by atoms with Gasteiger partial charge in [0.15, 0.2) is 0 Å². The lowest BCUT2D eigenvalue weighted by Crippen LogP contribution is -2.38. The van der Waals surface area contributed by atoms with Crippen LogP contribution in [0.1, 0.15) is 49.7 Å². The molecule has 20 heavy (non-hydrogen) atoms. The zero-order chi connectivity index (χ0) is 13.9. The van der Waals surface area contributed by atoms with Crippen molar-refractivity contribution >= 4 is 11.6 Å². The molecule has 2 unspecified atom stereocenters. The normalized spacial score (nSPS) is 26.2. The van der Waals surface area contributed by atoms with Crippen molar-refractivity contribution in [1.29, 1.82) is 0 Å². The molecule has 0 aromatic heterocycles. The Morgan fingerprint density at radius 1 is 1.20 bits per heavy atom. The van der Waals surface area contributed by atoms with Gasteiger partial charge in [-0.2, -0.15) is 0 Å². The fourth-order valence-electron chi connectivity index (χ4n) is 3.95. The van der Waals surface area contributed by atoms with Crippen LogP contribution in [0.5, 0.6) is 0 Å². The lowest BCUT2D eigenvalue weighted by atomic mass is 9.82. The third-order valence-electron chi connectivity index (χ3n) is 5.25. The predicted molar refractivity (Wildman–Crippen MR) is 86.6 cm³/mol. The molecule has 0 bridgehead atoms. The van der Waals surface area contributed by atoms with Crippen molar-refractivity contribution in [3.8, 4) is 0 Å². The van der Waals surface area contributed by atoms with Crippen LogP contribution in [0.2, 0.25) is 0 Å². The smallest absolute Gasteiger partial charge is 0.0337 e. The Bertz CT molecular complexity index is 435. The van der Waals surface area contributed by atoms with Crippen molar-refractivity contribution < 1.29 is 0 Å². The van der Waals surface area contributed by atoms with Crippen LogP contribution in [-0.4, -0.2) is 29.9 Å². The second kappa shape index (κ2) is 6.49. The first-order valence-electron chi connectivity index (χ1n) is 8.18. The maximum Gasteiger partial charge on any atom is 0.0337 e. The molecule has 2 atom stereocenters. The lowest BCUT2D eigenvalue weighted by Gasteiger charge is -2.36. The molecule has 2 aliphatic rings. The number of hydrogen-bond donors (Lipinski definition) is 0. The van der Waals surface area contributed by atoms with E-state index in [1.807, 2.05) is 0 Å². The van der Waals surface area contributed by atoms with Crippen molar-refractivity contribution in [2.75, 3.05) is 19.6 Å². The van der Waals surface area contributed by atoms with Crippen LogP contribution in [0.3, 0.4) is 0 Å². The van der Waals surface area contributed by atoms with Crippen molar-refractivity contribution in [3.05, 3.63) is 35.4 Å². The zero-order valence-electron chi connectivity index (χ0n) is 12.5. The zero-order valence-corrected chi connectivity index (χ0v) is 13.3. The summed E-state index contributed by atoms with van der Waals surface area (Å²) in [5, 5.41) is 0.340. The van der Waals surface area contributed by atoms with E-state index in [9.17, 15) is 0 Å². The predicted octanol–water partition coefficient (Wildman–Crippen LogP) is 4.45. The minimum atomic E-state index is 0.340. The molecule has 1 heterocycles. The summed E-state index contributed by atoms with van der Waals surface area (Å²) in [6.45, 7) is 5.88. The minimum absolute atomic E-state index is 0.340. The van der Waals surface area contributed by atoms with Gasteiger partial charge in [0.1, 0.15) is 0 Å². The molecule has 1 saturated heterocycles. The first-order chi connectivity index (χ1) is 9.74. The highest BCUT2D eigenvalue weighted by Gasteiger charge is 2.26. The van der Waals surface area contributed by atoms with Gasteiger partial charge >= 0.3 is 0 Å². The number of piperidine rings is 1. The number of rotatable bonds is 3. The van der Waals surface area contributed by atoms with Crippen LogP contribution < -0.4 is 0 Å². The van der Waals surface area contributed by atoms with E-state index >= 15 is 0 Å². The number of fused-ring (bicyclic) bond motifs is 1. The van der Waals surface area contributed by atoms with Gasteiger partial charge < -0.3 is 4.90 Å². The van der Waals surface area contributed by atoms with Crippen molar-refractivity contribution in [2.45, 2.75) is 50.3 Å². The first kappa shape index (κ1) is 14.4. The molecule has 0 saturated carbocycles. The first-order valence-corrected chi connectivity index (χ1v) is 8.62. The average Bonchev–Trinajstić information content (AvgIpc) is 2.48. The van der Waals surface area contributed by atoms with Crippen LogP contribution in [0.4, 0.5) is 0 Å². The maximum atomic E-state index is 6.24.